The summed E-state index contributed by atoms with van der Waals surface area (Å²) >= 11 is 7.59. The van der Waals surface area contributed by atoms with Crippen molar-refractivity contribution in [3.8, 4) is 0 Å². The lowest BCUT2D eigenvalue weighted by Crippen LogP contribution is -2.49. The van der Waals surface area contributed by atoms with E-state index in [2.05, 4.69) is 29.2 Å². The molecule has 0 aliphatic carbocycles. The van der Waals surface area contributed by atoms with Crippen molar-refractivity contribution in [1.29, 1.82) is 0 Å². The summed E-state index contributed by atoms with van der Waals surface area (Å²) in [4.78, 5) is 19.9. The smallest absolute Gasteiger partial charge is 0.352 e. The third-order valence-electron chi connectivity index (χ3n) is 4.70. The lowest BCUT2D eigenvalue weighted by atomic mass is 10.2. The number of hydrogen-bond acceptors (Lipinski definition) is 4. The summed E-state index contributed by atoms with van der Waals surface area (Å²) in [6.07, 6.45) is -3.68. The Labute approximate surface area is 177 Å². The second kappa shape index (κ2) is 9.26. The predicted molar refractivity (Wildman–Crippen MR) is 110 cm³/mol. The lowest BCUT2D eigenvalue weighted by molar-refractivity contribution is -0.137. The van der Waals surface area contributed by atoms with Crippen molar-refractivity contribution in [3.63, 3.8) is 0 Å². The highest BCUT2D eigenvalue weighted by atomic mass is 35.5. The molecule has 4 nitrogen and oxygen atoms in total. The zero-order chi connectivity index (χ0) is 21.0. The number of benzene rings is 1. The van der Waals surface area contributed by atoms with Gasteiger partial charge in [-0.25, -0.2) is 4.98 Å². The highest BCUT2D eigenvalue weighted by Gasteiger charge is 2.32. The third-order valence-corrected chi connectivity index (χ3v) is 5.96. The number of halogens is 4. The van der Waals surface area contributed by atoms with Gasteiger partial charge in [0, 0.05) is 38.1 Å². The van der Waals surface area contributed by atoms with E-state index in [1.54, 1.807) is 16.7 Å². The average molecular weight is 444 g/mol. The zero-order valence-electron chi connectivity index (χ0n) is 15.9. The molecule has 0 unspecified atom stereocenters. The first-order chi connectivity index (χ1) is 13.7. The quantitative estimate of drug-likeness (QED) is 0.674. The molecular formula is C20H21ClF3N3OS. The van der Waals surface area contributed by atoms with Crippen molar-refractivity contribution in [3.05, 3.63) is 58.2 Å². The maximum absolute atomic E-state index is 12.8. The van der Waals surface area contributed by atoms with E-state index in [1.807, 2.05) is 11.8 Å². The van der Waals surface area contributed by atoms with Crippen molar-refractivity contribution in [1.82, 2.24) is 9.88 Å². The normalized spacial score (nSPS) is 14.9. The summed E-state index contributed by atoms with van der Waals surface area (Å²) in [6.45, 7) is 3.97. The second-order valence-electron chi connectivity index (χ2n) is 6.87. The van der Waals surface area contributed by atoms with E-state index >= 15 is 0 Å². The average Bonchev–Trinajstić information content (AvgIpc) is 2.69. The zero-order valence-corrected chi connectivity index (χ0v) is 17.4. The Bertz CT molecular complexity index is 853. The Kier molecular flexibility index (Phi) is 6.95. The fourth-order valence-electron chi connectivity index (χ4n) is 3.02. The Hall–Kier alpha value is -1.93. The van der Waals surface area contributed by atoms with E-state index in [4.69, 9.17) is 11.6 Å². The summed E-state index contributed by atoms with van der Waals surface area (Å²) in [6, 6.07) is 9.12. The van der Waals surface area contributed by atoms with Gasteiger partial charge in [-0.15, -0.1) is 11.8 Å². The molecule has 29 heavy (non-hydrogen) atoms. The summed E-state index contributed by atoms with van der Waals surface area (Å²) in [5.41, 5.74) is 1.52. The number of carbonyl (C=O) groups is 1. The molecule has 1 fully saturated rings. The first-order valence-corrected chi connectivity index (χ1v) is 10.7. The standard InChI is InChI=1S/C20H21ClF3N3OS/c1-14-2-4-15(5-3-14)12-29-13-18(28)26-6-8-27(9-7-26)19-17(21)10-16(11-25-19)20(22,23)24/h2-5,10-11H,6-9,12-13H2,1H3. The number of alkyl halides is 3. The SMILES string of the molecule is Cc1ccc(CSCC(=O)N2CCN(c3ncc(C(F)(F)F)cc3Cl)CC2)cc1. The van der Waals surface area contributed by atoms with E-state index < -0.39 is 11.7 Å². The molecule has 0 bridgehead atoms. The highest BCUT2D eigenvalue weighted by Crippen LogP contribution is 2.33. The first-order valence-electron chi connectivity index (χ1n) is 9.13. The van der Waals surface area contributed by atoms with Crippen LogP contribution < -0.4 is 4.90 Å². The molecular weight excluding hydrogens is 423 g/mol. The number of amides is 1. The molecule has 3 rings (SSSR count). The van der Waals surface area contributed by atoms with Gasteiger partial charge in [0.15, 0.2) is 0 Å². The van der Waals surface area contributed by atoms with Gasteiger partial charge in [-0.05, 0) is 18.6 Å². The Morgan fingerprint density at radius 1 is 1.17 bits per heavy atom. The molecule has 2 aromatic rings. The molecule has 1 aromatic heterocycles. The van der Waals surface area contributed by atoms with E-state index in [-0.39, 0.29) is 10.9 Å². The molecule has 0 atom stereocenters. The molecule has 1 aromatic carbocycles. The Morgan fingerprint density at radius 2 is 1.83 bits per heavy atom. The largest absolute Gasteiger partial charge is 0.417 e. The van der Waals surface area contributed by atoms with Crippen LogP contribution in [0.25, 0.3) is 0 Å². The molecule has 0 radical (unpaired) electrons. The van der Waals surface area contributed by atoms with Crippen molar-refractivity contribution < 1.29 is 18.0 Å². The van der Waals surface area contributed by atoms with E-state index in [0.29, 0.717) is 37.7 Å². The number of pyridine rings is 1. The summed E-state index contributed by atoms with van der Waals surface area (Å²) in [5, 5.41) is -0.0340. The van der Waals surface area contributed by atoms with Crippen LogP contribution in [0.3, 0.4) is 0 Å². The maximum Gasteiger partial charge on any atom is 0.417 e. The summed E-state index contributed by atoms with van der Waals surface area (Å²) < 4.78 is 38.3. The second-order valence-corrected chi connectivity index (χ2v) is 8.27. The molecule has 1 saturated heterocycles. The van der Waals surface area contributed by atoms with Gasteiger partial charge in [-0.2, -0.15) is 13.2 Å². The van der Waals surface area contributed by atoms with E-state index in [9.17, 15) is 18.0 Å². The monoisotopic (exact) mass is 443 g/mol. The van der Waals surface area contributed by atoms with Gasteiger partial charge in [0.1, 0.15) is 5.82 Å². The van der Waals surface area contributed by atoms with E-state index in [1.165, 1.54) is 11.1 Å². The number of rotatable bonds is 5. The van der Waals surface area contributed by atoms with Crippen molar-refractivity contribution >= 4 is 35.1 Å². The Morgan fingerprint density at radius 3 is 2.41 bits per heavy atom. The minimum atomic E-state index is -4.48. The van der Waals surface area contributed by atoms with Crippen LogP contribution in [-0.2, 0) is 16.7 Å². The molecule has 1 aliphatic rings. The molecule has 1 aliphatic heterocycles. The number of aromatic nitrogens is 1. The van der Waals surface area contributed by atoms with Gasteiger partial charge in [-0.3, -0.25) is 4.79 Å². The summed E-state index contributed by atoms with van der Waals surface area (Å²) in [7, 11) is 0. The van der Waals surface area contributed by atoms with Crippen LogP contribution in [-0.4, -0.2) is 47.7 Å². The van der Waals surface area contributed by atoms with Crippen LogP contribution in [0.1, 0.15) is 16.7 Å². The van der Waals surface area contributed by atoms with Crippen molar-refractivity contribution in [2.45, 2.75) is 18.9 Å². The fourth-order valence-corrected chi connectivity index (χ4v) is 4.19. The van der Waals surface area contributed by atoms with Gasteiger partial charge >= 0.3 is 6.18 Å². The number of hydrogen-bond donors (Lipinski definition) is 0. The predicted octanol–water partition coefficient (Wildman–Crippen LogP) is 4.64. The highest BCUT2D eigenvalue weighted by molar-refractivity contribution is 7.99. The van der Waals surface area contributed by atoms with Crippen LogP contribution in [0.15, 0.2) is 36.5 Å². The molecule has 0 N–H and O–H groups in total. The van der Waals surface area contributed by atoms with Crippen LogP contribution in [0.2, 0.25) is 5.02 Å². The third kappa shape index (κ3) is 5.79. The number of anilines is 1. The van der Waals surface area contributed by atoms with Gasteiger partial charge in [0.05, 0.1) is 16.3 Å². The molecule has 0 spiro atoms. The molecule has 2 heterocycles. The number of aryl methyl sites for hydroxylation is 1. The van der Waals surface area contributed by atoms with Gasteiger partial charge in [0.25, 0.3) is 0 Å². The van der Waals surface area contributed by atoms with Gasteiger partial charge in [-0.1, -0.05) is 41.4 Å². The maximum atomic E-state index is 12.8. The van der Waals surface area contributed by atoms with Crippen molar-refractivity contribution in [2.75, 3.05) is 36.8 Å². The van der Waals surface area contributed by atoms with Gasteiger partial charge in [0.2, 0.25) is 5.91 Å². The minimum Gasteiger partial charge on any atom is -0.352 e. The number of thioether (sulfide) groups is 1. The number of piperazine rings is 1. The van der Waals surface area contributed by atoms with Crippen LogP contribution in [0, 0.1) is 6.92 Å². The first kappa shape index (κ1) is 21.8. The number of carbonyl (C=O) groups excluding carboxylic acids is 1. The lowest BCUT2D eigenvalue weighted by Gasteiger charge is -2.35. The van der Waals surface area contributed by atoms with Crippen LogP contribution >= 0.6 is 23.4 Å². The van der Waals surface area contributed by atoms with E-state index in [0.717, 1.165) is 18.0 Å². The summed E-state index contributed by atoms with van der Waals surface area (Å²) in [5.74, 6) is 1.55. The molecule has 9 heteroatoms. The van der Waals surface area contributed by atoms with Gasteiger partial charge < -0.3 is 9.80 Å². The number of nitrogens with zero attached hydrogens (tertiary/aromatic N) is 3. The van der Waals surface area contributed by atoms with Crippen molar-refractivity contribution in [2.24, 2.45) is 0 Å². The van der Waals surface area contributed by atoms with Crippen LogP contribution in [0.4, 0.5) is 19.0 Å². The minimum absolute atomic E-state index is 0.0340. The molecule has 1 amide bonds. The fraction of sp³-hybridized carbons (Fsp3) is 0.400. The molecule has 0 saturated carbocycles. The van der Waals surface area contributed by atoms with Crippen LogP contribution in [0.5, 0.6) is 0 Å². The molecule has 156 valence electrons. The topological polar surface area (TPSA) is 36.4 Å². The Balaban J connectivity index is 1.48.